The van der Waals surface area contributed by atoms with Gasteiger partial charge in [-0.3, -0.25) is 0 Å². The highest BCUT2D eigenvalue weighted by Gasteiger charge is 2.22. The van der Waals surface area contributed by atoms with Gasteiger partial charge in [-0.15, -0.1) is 0 Å². The molecule has 0 bridgehead atoms. The predicted octanol–water partition coefficient (Wildman–Crippen LogP) is 0.227. The predicted molar refractivity (Wildman–Crippen MR) is 83.2 cm³/mol. The van der Waals surface area contributed by atoms with Gasteiger partial charge in [0.05, 0.1) is 11.4 Å². The van der Waals surface area contributed by atoms with Crippen molar-refractivity contribution in [2.75, 3.05) is 33.2 Å². The standard InChI is InChI=1S/C15H21N3O2S/c1-18-9-7-14(12-18)11-17-21(19,20)15-6-2-4-13(10-15)5-3-8-16/h2,4,6,10,14,17H,7-9,11-12,16H2,1H3. The van der Waals surface area contributed by atoms with E-state index >= 15 is 0 Å². The highest BCUT2D eigenvalue weighted by molar-refractivity contribution is 7.89. The van der Waals surface area contributed by atoms with Gasteiger partial charge in [-0.2, -0.15) is 0 Å². The number of benzene rings is 1. The molecule has 1 aliphatic rings. The molecule has 0 saturated carbocycles. The molecule has 5 nitrogen and oxygen atoms in total. The molecule has 1 heterocycles. The van der Waals surface area contributed by atoms with Crippen molar-refractivity contribution < 1.29 is 8.42 Å². The molecule has 0 aliphatic carbocycles. The first kappa shape index (κ1) is 16.0. The molecule has 1 aromatic rings. The Balaban J connectivity index is 2.05. The first-order valence-electron chi connectivity index (χ1n) is 6.98. The monoisotopic (exact) mass is 307 g/mol. The van der Waals surface area contributed by atoms with Crippen molar-refractivity contribution in [2.24, 2.45) is 11.7 Å². The summed E-state index contributed by atoms with van der Waals surface area (Å²) < 4.78 is 27.3. The lowest BCUT2D eigenvalue weighted by Crippen LogP contribution is -2.30. The third-order valence-electron chi connectivity index (χ3n) is 3.53. The van der Waals surface area contributed by atoms with Crippen molar-refractivity contribution in [1.29, 1.82) is 0 Å². The number of hydrogen-bond donors (Lipinski definition) is 2. The van der Waals surface area contributed by atoms with E-state index in [2.05, 4.69) is 21.5 Å². The molecule has 1 aliphatic heterocycles. The molecule has 2 rings (SSSR count). The van der Waals surface area contributed by atoms with E-state index in [0.29, 0.717) is 18.0 Å². The van der Waals surface area contributed by atoms with Crippen LogP contribution in [0.5, 0.6) is 0 Å². The van der Waals surface area contributed by atoms with Crippen molar-refractivity contribution in [3.63, 3.8) is 0 Å². The van der Waals surface area contributed by atoms with Gasteiger partial charge in [0.2, 0.25) is 10.0 Å². The van der Waals surface area contributed by atoms with E-state index in [-0.39, 0.29) is 11.4 Å². The molecule has 0 aromatic heterocycles. The summed E-state index contributed by atoms with van der Waals surface area (Å²) in [6.07, 6.45) is 1.03. The molecule has 114 valence electrons. The fraction of sp³-hybridized carbons (Fsp3) is 0.467. The maximum atomic E-state index is 12.3. The molecular weight excluding hydrogens is 286 g/mol. The average Bonchev–Trinajstić information content (AvgIpc) is 2.89. The van der Waals surface area contributed by atoms with Crippen molar-refractivity contribution in [3.05, 3.63) is 29.8 Å². The summed E-state index contributed by atoms with van der Waals surface area (Å²) in [6, 6.07) is 6.62. The SMILES string of the molecule is CN1CCC(CNS(=O)(=O)c2cccc(C#CCN)c2)C1. The minimum absolute atomic E-state index is 0.248. The Hall–Kier alpha value is -1.39. The minimum atomic E-state index is -3.48. The van der Waals surface area contributed by atoms with Gasteiger partial charge >= 0.3 is 0 Å². The van der Waals surface area contributed by atoms with E-state index in [1.165, 1.54) is 0 Å². The van der Waals surface area contributed by atoms with Crippen LogP contribution >= 0.6 is 0 Å². The van der Waals surface area contributed by atoms with E-state index in [9.17, 15) is 8.42 Å². The summed E-state index contributed by atoms with van der Waals surface area (Å²) in [5.41, 5.74) is 5.98. The van der Waals surface area contributed by atoms with Crippen LogP contribution in [-0.4, -0.2) is 46.5 Å². The molecule has 1 saturated heterocycles. The van der Waals surface area contributed by atoms with Crippen LogP contribution in [0.1, 0.15) is 12.0 Å². The van der Waals surface area contributed by atoms with Gasteiger partial charge < -0.3 is 10.6 Å². The Morgan fingerprint density at radius 1 is 1.48 bits per heavy atom. The second kappa shape index (κ2) is 7.05. The molecule has 1 atom stereocenters. The number of sulfonamides is 1. The highest BCUT2D eigenvalue weighted by Crippen LogP contribution is 2.15. The molecule has 0 amide bonds. The number of rotatable bonds is 4. The molecule has 0 radical (unpaired) electrons. The van der Waals surface area contributed by atoms with Gasteiger partial charge in [0, 0.05) is 18.7 Å². The Bertz CT molecular complexity index is 646. The van der Waals surface area contributed by atoms with Crippen molar-refractivity contribution in [2.45, 2.75) is 11.3 Å². The van der Waals surface area contributed by atoms with E-state index in [0.717, 1.165) is 19.5 Å². The number of nitrogens with two attached hydrogens (primary N) is 1. The molecular formula is C15H21N3O2S. The maximum absolute atomic E-state index is 12.3. The number of nitrogens with one attached hydrogen (secondary N) is 1. The Morgan fingerprint density at radius 3 is 2.95 bits per heavy atom. The van der Waals surface area contributed by atoms with Gasteiger partial charge in [-0.1, -0.05) is 17.9 Å². The molecule has 3 N–H and O–H groups in total. The van der Waals surface area contributed by atoms with Gasteiger partial charge in [0.1, 0.15) is 0 Å². The van der Waals surface area contributed by atoms with Crippen LogP contribution in [0.15, 0.2) is 29.2 Å². The van der Waals surface area contributed by atoms with E-state index < -0.39 is 10.0 Å². The van der Waals surface area contributed by atoms with Crippen LogP contribution in [0.3, 0.4) is 0 Å². The van der Waals surface area contributed by atoms with Crippen LogP contribution < -0.4 is 10.5 Å². The largest absolute Gasteiger partial charge is 0.320 e. The first-order chi connectivity index (χ1) is 10.0. The maximum Gasteiger partial charge on any atom is 0.240 e. The van der Waals surface area contributed by atoms with Gasteiger partial charge in [-0.05, 0) is 44.1 Å². The molecule has 6 heteroatoms. The third kappa shape index (κ3) is 4.55. The Morgan fingerprint density at radius 2 is 2.29 bits per heavy atom. The Labute approximate surface area is 126 Å². The summed E-state index contributed by atoms with van der Waals surface area (Å²) >= 11 is 0. The van der Waals surface area contributed by atoms with Crippen LogP contribution in [-0.2, 0) is 10.0 Å². The van der Waals surface area contributed by atoms with Crippen LogP contribution in [0.2, 0.25) is 0 Å². The lowest BCUT2D eigenvalue weighted by Gasteiger charge is -2.12. The van der Waals surface area contributed by atoms with Crippen molar-refractivity contribution in [1.82, 2.24) is 9.62 Å². The summed E-state index contributed by atoms with van der Waals surface area (Å²) in [4.78, 5) is 2.46. The second-order valence-corrected chi connectivity index (χ2v) is 7.07. The number of hydrogen-bond acceptors (Lipinski definition) is 4. The van der Waals surface area contributed by atoms with Crippen LogP contribution in [0, 0.1) is 17.8 Å². The summed E-state index contributed by atoms with van der Waals surface area (Å²) in [6.45, 7) is 2.69. The lowest BCUT2D eigenvalue weighted by molar-refractivity contribution is 0.394. The van der Waals surface area contributed by atoms with E-state index in [1.807, 2.05) is 7.05 Å². The smallest absolute Gasteiger partial charge is 0.240 e. The molecule has 21 heavy (non-hydrogen) atoms. The average molecular weight is 307 g/mol. The van der Waals surface area contributed by atoms with Gasteiger partial charge in [0.25, 0.3) is 0 Å². The van der Waals surface area contributed by atoms with Gasteiger partial charge in [0.15, 0.2) is 0 Å². The quantitative estimate of drug-likeness (QED) is 0.781. The first-order valence-corrected chi connectivity index (χ1v) is 8.47. The highest BCUT2D eigenvalue weighted by atomic mass is 32.2. The second-order valence-electron chi connectivity index (χ2n) is 5.30. The van der Waals surface area contributed by atoms with Gasteiger partial charge in [-0.25, -0.2) is 13.1 Å². The van der Waals surface area contributed by atoms with Crippen LogP contribution in [0.4, 0.5) is 0 Å². The third-order valence-corrected chi connectivity index (χ3v) is 4.95. The topological polar surface area (TPSA) is 75.4 Å². The molecule has 0 spiro atoms. The molecule has 1 aromatic carbocycles. The normalized spacial score (nSPS) is 19.2. The van der Waals surface area contributed by atoms with Crippen molar-refractivity contribution >= 4 is 10.0 Å². The van der Waals surface area contributed by atoms with Crippen molar-refractivity contribution in [3.8, 4) is 11.8 Å². The molecule has 1 unspecified atom stereocenters. The number of likely N-dealkylation sites (tertiary alicyclic amines) is 1. The van der Waals surface area contributed by atoms with E-state index in [1.54, 1.807) is 24.3 Å². The fourth-order valence-corrected chi connectivity index (χ4v) is 3.56. The molecule has 1 fully saturated rings. The van der Waals surface area contributed by atoms with Crippen LogP contribution in [0.25, 0.3) is 0 Å². The summed E-state index contributed by atoms with van der Waals surface area (Å²) in [5, 5.41) is 0. The number of nitrogens with zero attached hydrogens (tertiary/aromatic N) is 1. The minimum Gasteiger partial charge on any atom is -0.320 e. The summed E-state index contributed by atoms with van der Waals surface area (Å²) in [5.74, 6) is 5.95. The Kier molecular flexibility index (Phi) is 5.37. The summed E-state index contributed by atoms with van der Waals surface area (Å²) in [7, 11) is -1.43. The lowest BCUT2D eigenvalue weighted by atomic mass is 10.1. The fourth-order valence-electron chi connectivity index (χ4n) is 2.40. The van der Waals surface area contributed by atoms with E-state index in [4.69, 9.17) is 5.73 Å². The zero-order valence-electron chi connectivity index (χ0n) is 12.2. The zero-order chi connectivity index (χ0) is 15.3. The zero-order valence-corrected chi connectivity index (χ0v) is 13.0.